The van der Waals surface area contributed by atoms with Gasteiger partial charge in [-0.25, -0.2) is 0 Å². The number of nitrogens with two attached hydrogens (primary N) is 1. The molecule has 0 bridgehead atoms. The van der Waals surface area contributed by atoms with Crippen LogP contribution in [0, 0.1) is 12.8 Å². The quantitative estimate of drug-likeness (QED) is 0.850. The maximum absolute atomic E-state index is 5.87. The molecule has 2 rings (SSSR count). The maximum Gasteiger partial charge on any atom is 0.162 e. The van der Waals surface area contributed by atoms with Gasteiger partial charge in [0.2, 0.25) is 0 Å². The van der Waals surface area contributed by atoms with Crippen molar-refractivity contribution in [3.63, 3.8) is 0 Å². The van der Waals surface area contributed by atoms with Crippen LogP contribution in [0.4, 0.5) is 0 Å². The molecule has 0 amide bonds. The largest absolute Gasteiger partial charge is 0.370 e. The Balaban J connectivity index is 1.84. The molecular formula is C12H20N2O2. The maximum atomic E-state index is 5.87. The molecule has 0 saturated heterocycles. The van der Waals surface area contributed by atoms with E-state index in [0.717, 1.165) is 24.4 Å². The van der Waals surface area contributed by atoms with Gasteiger partial charge < -0.3 is 15.0 Å². The summed E-state index contributed by atoms with van der Waals surface area (Å²) in [6.45, 7) is 3.15. The van der Waals surface area contributed by atoms with Crippen LogP contribution in [0.1, 0.15) is 37.1 Å². The van der Waals surface area contributed by atoms with Crippen molar-refractivity contribution in [2.75, 3.05) is 6.54 Å². The Kier molecular flexibility index (Phi) is 3.96. The normalized spacial score (nSPS) is 25.9. The van der Waals surface area contributed by atoms with Gasteiger partial charge in [-0.05, 0) is 32.2 Å². The summed E-state index contributed by atoms with van der Waals surface area (Å²) < 4.78 is 11.0. The molecule has 1 aliphatic rings. The summed E-state index contributed by atoms with van der Waals surface area (Å²) >= 11 is 0. The summed E-state index contributed by atoms with van der Waals surface area (Å²) in [5.41, 5.74) is 6.65. The molecule has 0 radical (unpaired) electrons. The van der Waals surface area contributed by atoms with Gasteiger partial charge in [0.05, 0.1) is 11.8 Å². The standard InChI is InChI=1S/C12H20N2O2/c1-9-6-11(16-14-9)8-15-12-5-3-2-4-10(12)7-13/h6,10,12H,2-5,7-8,13H2,1H3. The van der Waals surface area contributed by atoms with E-state index in [1.165, 1.54) is 19.3 Å². The van der Waals surface area contributed by atoms with Crippen LogP contribution >= 0.6 is 0 Å². The van der Waals surface area contributed by atoms with Gasteiger partial charge in [-0.15, -0.1) is 0 Å². The number of ether oxygens (including phenoxy) is 1. The molecule has 2 N–H and O–H groups in total. The zero-order chi connectivity index (χ0) is 11.4. The number of hydrogen-bond acceptors (Lipinski definition) is 4. The second-order valence-corrected chi connectivity index (χ2v) is 4.56. The highest BCUT2D eigenvalue weighted by atomic mass is 16.5. The molecule has 16 heavy (non-hydrogen) atoms. The van der Waals surface area contributed by atoms with Crippen LogP contribution in [0.25, 0.3) is 0 Å². The Morgan fingerprint density at radius 3 is 3.00 bits per heavy atom. The molecule has 0 spiro atoms. The van der Waals surface area contributed by atoms with Crippen LogP contribution in [-0.4, -0.2) is 17.8 Å². The fraction of sp³-hybridized carbons (Fsp3) is 0.750. The molecule has 4 nitrogen and oxygen atoms in total. The van der Waals surface area contributed by atoms with Crippen molar-refractivity contribution in [2.45, 2.75) is 45.3 Å². The van der Waals surface area contributed by atoms with Gasteiger partial charge >= 0.3 is 0 Å². The highest BCUT2D eigenvalue weighted by molar-refractivity contribution is 5.01. The fourth-order valence-electron chi connectivity index (χ4n) is 2.34. The number of aromatic nitrogens is 1. The van der Waals surface area contributed by atoms with E-state index in [9.17, 15) is 0 Å². The van der Waals surface area contributed by atoms with Crippen molar-refractivity contribution < 1.29 is 9.26 Å². The fourth-order valence-corrected chi connectivity index (χ4v) is 2.34. The second-order valence-electron chi connectivity index (χ2n) is 4.56. The van der Waals surface area contributed by atoms with Crippen LogP contribution in [0.15, 0.2) is 10.6 Å². The lowest BCUT2D eigenvalue weighted by Gasteiger charge is -2.30. The third-order valence-electron chi connectivity index (χ3n) is 3.26. The van der Waals surface area contributed by atoms with Crippen molar-refractivity contribution in [2.24, 2.45) is 11.7 Å². The van der Waals surface area contributed by atoms with E-state index in [0.29, 0.717) is 18.6 Å². The first kappa shape index (κ1) is 11.6. The molecule has 0 aromatic carbocycles. The summed E-state index contributed by atoms with van der Waals surface area (Å²) in [7, 11) is 0. The lowest BCUT2D eigenvalue weighted by molar-refractivity contribution is -0.0261. The minimum absolute atomic E-state index is 0.296. The predicted octanol–water partition coefficient (Wildman–Crippen LogP) is 2.02. The van der Waals surface area contributed by atoms with E-state index in [1.54, 1.807) is 0 Å². The highest BCUT2D eigenvalue weighted by Crippen LogP contribution is 2.26. The van der Waals surface area contributed by atoms with E-state index in [1.807, 2.05) is 13.0 Å². The Bertz CT molecular complexity index is 325. The van der Waals surface area contributed by atoms with Gasteiger partial charge in [0.15, 0.2) is 5.76 Å². The van der Waals surface area contributed by atoms with E-state index < -0.39 is 0 Å². The Labute approximate surface area is 96.1 Å². The minimum atomic E-state index is 0.296. The molecule has 1 heterocycles. The van der Waals surface area contributed by atoms with E-state index in [2.05, 4.69) is 5.16 Å². The summed E-state index contributed by atoms with van der Waals surface area (Å²) in [4.78, 5) is 0. The zero-order valence-electron chi connectivity index (χ0n) is 9.82. The first-order valence-corrected chi connectivity index (χ1v) is 6.03. The molecule has 1 aromatic heterocycles. The molecule has 1 saturated carbocycles. The first-order chi connectivity index (χ1) is 7.79. The lowest BCUT2D eigenvalue weighted by atomic mass is 9.86. The molecule has 1 aliphatic carbocycles. The minimum Gasteiger partial charge on any atom is -0.370 e. The molecule has 0 aliphatic heterocycles. The predicted molar refractivity (Wildman–Crippen MR) is 60.8 cm³/mol. The Morgan fingerprint density at radius 2 is 2.31 bits per heavy atom. The topological polar surface area (TPSA) is 61.3 Å². The number of hydrogen-bond donors (Lipinski definition) is 1. The van der Waals surface area contributed by atoms with Crippen molar-refractivity contribution in [3.05, 3.63) is 17.5 Å². The second kappa shape index (κ2) is 5.46. The first-order valence-electron chi connectivity index (χ1n) is 6.03. The van der Waals surface area contributed by atoms with E-state index in [4.69, 9.17) is 15.0 Å². The number of aryl methyl sites for hydroxylation is 1. The van der Waals surface area contributed by atoms with Crippen molar-refractivity contribution in [1.82, 2.24) is 5.16 Å². The van der Waals surface area contributed by atoms with E-state index >= 15 is 0 Å². The third-order valence-corrected chi connectivity index (χ3v) is 3.26. The summed E-state index contributed by atoms with van der Waals surface area (Å²) in [6.07, 6.45) is 5.13. The molecular weight excluding hydrogens is 204 g/mol. The summed E-state index contributed by atoms with van der Waals surface area (Å²) in [6, 6.07) is 1.92. The third kappa shape index (κ3) is 2.83. The van der Waals surface area contributed by atoms with Crippen molar-refractivity contribution in [1.29, 1.82) is 0 Å². The lowest BCUT2D eigenvalue weighted by Crippen LogP contribution is -2.33. The van der Waals surface area contributed by atoms with Crippen molar-refractivity contribution >= 4 is 0 Å². The van der Waals surface area contributed by atoms with Gasteiger partial charge in [0, 0.05) is 6.07 Å². The smallest absolute Gasteiger partial charge is 0.162 e. The van der Waals surface area contributed by atoms with Gasteiger partial charge in [-0.3, -0.25) is 0 Å². The molecule has 4 heteroatoms. The van der Waals surface area contributed by atoms with Crippen molar-refractivity contribution in [3.8, 4) is 0 Å². The number of rotatable bonds is 4. The molecule has 2 unspecified atom stereocenters. The molecule has 90 valence electrons. The SMILES string of the molecule is Cc1cc(COC2CCCCC2CN)on1. The molecule has 1 fully saturated rings. The summed E-state index contributed by atoms with van der Waals surface area (Å²) in [5.74, 6) is 1.32. The average Bonchev–Trinajstić information content (AvgIpc) is 2.73. The van der Waals surface area contributed by atoms with Crippen LogP contribution in [-0.2, 0) is 11.3 Å². The van der Waals surface area contributed by atoms with Gasteiger partial charge in [-0.2, -0.15) is 0 Å². The Hall–Kier alpha value is -0.870. The highest BCUT2D eigenvalue weighted by Gasteiger charge is 2.24. The van der Waals surface area contributed by atoms with Crippen LogP contribution in [0.2, 0.25) is 0 Å². The molecule has 2 atom stereocenters. The molecule has 1 aromatic rings. The van der Waals surface area contributed by atoms with Gasteiger partial charge in [0.25, 0.3) is 0 Å². The van der Waals surface area contributed by atoms with Gasteiger partial charge in [0.1, 0.15) is 6.61 Å². The zero-order valence-corrected chi connectivity index (χ0v) is 9.82. The average molecular weight is 224 g/mol. The number of nitrogens with zero attached hydrogens (tertiary/aromatic N) is 1. The van der Waals surface area contributed by atoms with Crippen LogP contribution < -0.4 is 5.73 Å². The van der Waals surface area contributed by atoms with Gasteiger partial charge in [-0.1, -0.05) is 18.0 Å². The van der Waals surface area contributed by atoms with Crippen LogP contribution in [0.5, 0.6) is 0 Å². The van der Waals surface area contributed by atoms with E-state index in [-0.39, 0.29) is 0 Å². The van der Waals surface area contributed by atoms with Crippen LogP contribution in [0.3, 0.4) is 0 Å². The summed E-state index contributed by atoms with van der Waals surface area (Å²) in [5, 5.41) is 3.84. The monoisotopic (exact) mass is 224 g/mol. The Morgan fingerprint density at radius 1 is 1.50 bits per heavy atom.